The summed E-state index contributed by atoms with van der Waals surface area (Å²) in [5.74, 6) is -1.44. The molecule has 0 aliphatic rings. The van der Waals surface area contributed by atoms with E-state index in [-0.39, 0.29) is 43.4 Å². The lowest BCUT2D eigenvalue weighted by molar-refractivity contribution is -0.146. The Hall–Kier alpha value is -3.43. The highest BCUT2D eigenvalue weighted by Gasteiger charge is 2.24. The van der Waals surface area contributed by atoms with E-state index in [0.717, 1.165) is 0 Å². The van der Waals surface area contributed by atoms with Crippen LogP contribution in [0.3, 0.4) is 0 Å². The Morgan fingerprint density at radius 2 is 1.82 bits per heavy atom. The molecule has 1 unspecified atom stereocenters. The maximum Gasteiger partial charge on any atom is 0.328 e. The van der Waals surface area contributed by atoms with Crippen molar-refractivity contribution in [1.29, 1.82) is 0 Å². The van der Waals surface area contributed by atoms with Gasteiger partial charge in [-0.1, -0.05) is 0 Å². The summed E-state index contributed by atoms with van der Waals surface area (Å²) in [6.45, 7) is 3.72. The Morgan fingerprint density at radius 1 is 1.11 bits per heavy atom. The van der Waals surface area contributed by atoms with Crippen LogP contribution < -0.4 is 16.8 Å². The zero-order chi connectivity index (χ0) is 20.7. The summed E-state index contributed by atoms with van der Waals surface area (Å²) in [5, 5.41) is 3.04. The van der Waals surface area contributed by atoms with Crippen molar-refractivity contribution in [2.24, 2.45) is 0 Å². The molecule has 0 aliphatic heterocycles. The number of nitrogens with one attached hydrogen (secondary N) is 1. The number of hydrogen-bond acceptors (Lipinski definition) is 9. The van der Waals surface area contributed by atoms with Gasteiger partial charge in [-0.25, -0.2) is 9.78 Å². The molecule has 0 radical (unpaired) electrons. The number of carbonyl (C=O) groups is 3. The van der Waals surface area contributed by atoms with Crippen LogP contribution in [0, 0.1) is 0 Å². The van der Waals surface area contributed by atoms with Gasteiger partial charge in [-0.3, -0.25) is 9.59 Å². The largest absolute Gasteiger partial charge is 0.466 e. The van der Waals surface area contributed by atoms with Crippen molar-refractivity contribution < 1.29 is 23.9 Å². The van der Waals surface area contributed by atoms with E-state index >= 15 is 0 Å². The van der Waals surface area contributed by atoms with Crippen LogP contribution >= 0.6 is 0 Å². The van der Waals surface area contributed by atoms with Crippen LogP contribution in [0.2, 0.25) is 0 Å². The second-order valence-electron chi connectivity index (χ2n) is 5.82. The van der Waals surface area contributed by atoms with E-state index in [9.17, 15) is 14.4 Å². The first kappa shape index (κ1) is 20.9. The highest BCUT2D eigenvalue weighted by atomic mass is 16.5. The average Bonchev–Trinajstić information content (AvgIpc) is 2.65. The van der Waals surface area contributed by atoms with Gasteiger partial charge in [0.25, 0.3) is 5.91 Å². The Bertz CT molecular complexity index is 886. The minimum atomic E-state index is -0.993. The third kappa shape index (κ3) is 5.29. The number of aromatic nitrogens is 2. The van der Waals surface area contributed by atoms with Crippen molar-refractivity contribution in [3.63, 3.8) is 0 Å². The van der Waals surface area contributed by atoms with E-state index in [1.165, 1.54) is 12.1 Å². The number of benzene rings is 1. The van der Waals surface area contributed by atoms with E-state index in [1.54, 1.807) is 19.9 Å². The Morgan fingerprint density at radius 3 is 2.50 bits per heavy atom. The SMILES string of the molecule is CCOC(=O)CCC(NC(=O)c1ccc2nc(N)nc(N)c2c1)C(=O)OCC. The molecule has 0 aliphatic carbocycles. The van der Waals surface area contributed by atoms with Gasteiger partial charge < -0.3 is 26.3 Å². The lowest BCUT2D eigenvalue weighted by Gasteiger charge is -2.17. The predicted molar refractivity (Wildman–Crippen MR) is 102 cm³/mol. The van der Waals surface area contributed by atoms with Crippen molar-refractivity contribution in [3.05, 3.63) is 23.8 Å². The molecular formula is C18H23N5O5. The second kappa shape index (κ2) is 9.49. The highest BCUT2D eigenvalue weighted by molar-refractivity contribution is 6.01. The van der Waals surface area contributed by atoms with Gasteiger partial charge in [0.1, 0.15) is 11.9 Å². The van der Waals surface area contributed by atoms with Crippen LogP contribution in [0.1, 0.15) is 37.0 Å². The zero-order valence-corrected chi connectivity index (χ0v) is 15.7. The minimum absolute atomic E-state index is 0.0311. The molecular weight excluding hydrogens is 366 g/mol. The molecule has 150 valence electrons. The molecule has 1 heterocycles. The Kier molecular flexibility index (Phi) is 7.08. The van der Waals surface area contributed by atoms with E-state index in [0.29, 0.717) is 10.9 Å². The summed E-state index contributed by atoms with van der Waals surface area (Å²) < 4.78 is 9.83. The number of hydrogen-bond donors (Lipinski definition) is 3. The lowest BCUT2D eigenvalue weighted by Crippen LogP contribution is -2.42. The summed E-state index contributed by atoms with van der Waals surface area (Å²) in [6, 6.07) is 3.62. The number of esters is 2. The molecule has 1 aromatic carbocycles. The summed E-state index contributed by atoms with van der Waals surface area (Å²) in [4.78, 5) is 44.2. The topological polar surface area (TPSA) is 160 Å². The van der Waals surface area contributed by atoms with Gasteiger partial charge in [-0.05, 0) is 38.5 Å². The van der Waals surface area contributed by atoms with Gasteiger partial charge in [-0.2, -0.15) is 4.98 Å². The van der Waals surface area contributed by atoms with Gasteiger partial charge in [0.2, 0.25) is 5.95 Å². The fourth-order valence-electron chi connectivity index (χ4n) is 2.54. The maximum atomic E-state index is 12.6. The van der Waals surface area contributed by atoms with Crippen molar-refractivity contribution in [3.8, 4) is 0 Å². The smallest absolute Gasteiger partial charge is 0.328 e. The number of rotatable bonds is 8. The molecule has 1 atom stereocenters. The molecule has 0 saturated heterocycles. The van der Waals surface area contributed by atoms with Crippen LogP contribution in [0.25, 0.3) is 10.9 Å². The zero-order valence-electron chi connectivity index (χ0n) is 15.7. The van der Waals surface area contributed by atoms with Crippen LogP contribution in [0.15, 0.2) is 18.2 Å². The normalized spacial score (nSPS) is 11.6. The molecule has 5 N–H and O–H groups in total. The summed E-state index contributed by atoms with van der Waals surface area (Å²) >= 11 is 0. The maximum absolute atomic E-state index is 12.6. The van der Waals surface area contributed by atoms with E-state index in [4.69, 9.17) is 20.9 Å². The molecule has 1 aromatic heterocycles. The standard InChI is InChI=1S/C18H23N5O5/c1-3-27-14(24)8-7-13(17(26)28-4-2)21-16(25)10-5-6-12-11(9-10)15(19)23-18(20)22-12/h5-6,9,13H,3-4,7-8H2,1-2H3,(H,21,25)(H4,19,20,22,23). The first-order chi connectivity index (χ1) is 13.3. The third-order valence-corrected chi connectivity index (χ3v) is 3.82. The minimum Gasteiger partial charge on any atom is -0.466 e. The van der Waals surface area contributed by atoms with Crippen LogP contribution in [0.4, 0.5) is 11.8 Å². The van der Waals surface area contributed by atoms with Crippen molar-refractivity contribution in [2.75, 3.05) is 24.7 Å². The van der Waals surface area contributed by atoms with Crippen LogP contribution in [-0.4, -0.2) is 47.1 Å². The number of nitrogens with zero attached hydrogens (tertiary/aromatic N) is 2. The van der Waals surface area contributed by atoms with Crippen molar-refractivity contribution in [2.45, 2.75) is 32.7 Å². The highest BCUT2D eigenvalue weighted by Crippen LogP contribution is 2.20. The van der Waals surface area contributed by atoms with Gasteiger partial charge in [-0.15, -0.1) is 0 Å². The summed E-state index contributed by atoms with van der Waals surface area (Å²) in [6.07, 6.45) is 0.0220. The number of ether oxygens (including phenoxy) is 2. The molecule has 0 saturated carbocycles. The second-order valence-corrected chi connectivity index (χ2v) is 5.82. The van der Waals surface area contributed by atoms with Gasteiger partial charge in [0, 0.05) is 17.4 Å². The molecule has 10 heteroatoms. The van der Waals surface area contributed by atoms with Crippen molar-refractivity contribution >= 4 is 40.5 Å². The Labute approximate surface area is 161 Å². The van der Waals surface area contributed by atoms with Crippen molar-refractivity contribution in [1.82, 2.24) is 15.3 Å². The number of amides is 1. The van der Waals surface area contributed by atoms with Crippen LogP contribution in [-0.2, 0) is 19.1 Å². The van der Waals surface area contributed by atoms with Crippen LogP contribution in [0.5, 0.6) is 0 Å². The number of fused-ring (bicyclic) bond motifs is 1. The quantitative estimate of drug-likeness (QED) is 0.555. The lowest BCUT2D eigenvalue weighted by atomic mass is 10.1. The van der Waals surface area contributed by atoms with Gasteiger partial charge >= 0.3 is 11.9 Å². The van der Waals surface area contributed by atoms with Gasteiger partial charge in [0.15, 0.2) is 0 Å². The summed E-state index contributed by atoms with van der Waals surface area (Å²) in [7, 11) is 0. The molecule has 1 amide bonds. The van der Waals surface area contributed by atoms with E-state index < -0.39 is 23.9 Å². The van der Waals surface area contributed by atoms with Gasteiger partial charge in [0.05, 0.1) is 18.7 Å². The summed E-state index contributed by atoms with van der Waals surface area (Å²) in [5.41, 5.74) is 12.1. The van der Waals surface area contributed by atoms with E-state index in [1.807, 2.05) is 0 Å². The Balaban J connectivity index is 2.18. The fraction of sp³-hybridized carbons (Fsp3) is 0.389. The number of anilines is 2. The number of carbonyl (C=O) groups excluding carboxylic acids is 3. The molecule has 0 spiro atoms. The number of nitrogens with two attached hydrogens (primary N) is 2. The molecule has 2 aromatic rings. The third-order valence-electron chi connectivity index (χ3n) is 3.82. The molecule has 28 heavy (non-hydrogen) atoms. The predicted octanol–water partition coefficient (Wildman–Crippen LogP) is 0.799. The average molecular weight is 389 g/mol. The monoisotopic (exact) mass is 389 g/mol. The van der Waals surface area contributed by atoms with E-state index in [2.05, 4.69) is 15.3 Å². The molecule has 2 rings (SSSR count). The molecule has 0 fully saturated rings. The fourth-order valence-corrected chi connectivity index (χ4v) is 2.54. The number of nitrogen functional groups attached to an aromatic ring is 2. The first-order valence-corrected chi connectivity index (χ1v) is 8.81. The first-order valence-electron chi connectivity index (χ1n) is 8.81. The molecule has 10 nitrogen and oxygen atoms in total. The molecule has 0 bridgehead atoms.